The summed E-state index contributed by atoms with van der Waals surface area (Å²) in [4.78, 5) is 17.2. The topological polar surface area (TPSA) is 34.4 Å². The number of halogens is 2. The minimum absolute atomic E-state index is 0.179. The molecule has 0 amide bonds. The van der Waals surface area contributed by atoms with Gasteiger partial charge in [-0.3, -0.25) is 4.79 Å². The second-order valence-electron chi connectivity index (χ2n) is 3.67. The Hall–Kier alpha value is -1.10. The number of aromatic nitrogens is 2. The highest BCUT2D eigenvalue weighted by atomic mass is 35.5. The van der Waals surface area contributed by atoms with Crippen LogP contribution in [0.3, 0.4) is 0 Å². The van der Waals surface area contributed by atoms with Crippen molar-refractivity contribution in [2.45, 2.75) is 6.92 Å². The number of hydrogen-bond donors (Lipinski definition) is 0. The lowest BCUT2D eigenvalue weighted by atomic mass is 10.1. The van der Waals surface area contributed by atoms with Crippen molar-refractivity contribution in [3.63, 3.8) is 0 Å². The smallest absolute Gasteiger partial charge is 0.267 e. The summed E-state index contributed by atoms with van der Waals surface area (Å²) in [6, 6.07) is 5.49. The molecule has 2 aromatic heterocycles. The zero-order valence-electron chi connectivity index (χ0n) is 8.70. The number of rotatable bonds is 0. The normalized spacial score (nSPS) is 11.5. The van der Waals surface area contributed by atoms with Crippen LogP contribution in [0.5, 0.6) is 0 Å². The van der Waals surface area contributed by atoms with Crippen LogP contribution in [0.2, 0.25) is 9.49 Å². The van der Waals surface area contributed by atoms with Gasteiger partial charge in [0.15, 0.2) is 4.96 Å². The van der Waals surface area contributed by atoms with Crippen LogP contribution in [0, 0.1) is 6.92 Å². The Bertz CT molecular complexity index is 806. The molecule has 0 unspecified atom stereocenters. The predicted molar refractivity (Wildman–Crippen MR) is 71.6 cm³/mol. The Balaban J connectivity index is 2.67. The van der Waals surface area contributed by atoms with Gasteiger partial charge in [-0.25, -0.2) is 9.38 Å². The van der Waals surface area contributed by atoms with Crippen LogP contribution < -0.4 is 5.56 Å². The molecule has 86 valence electrons. The summed E-state index contributed by atoms with van der Waals surface area (Å²) in [5.41, 5.74) is 1.48. The SMILES string of the molecule is Cc1cccc2c(=O)n3c(Cl)c(Cl)sc3nc12. The van der Waals surface area contributed by atoms with E-state index in [1.54, 1.807) is 6.07 Å². The van der Waals surface area contributed by atoms with Gasteiger partial charge in [0.25, 0.3) is 5.56 Å². The van der Waals surface area contributed by atoms with Crippen LogP contribution in [0.25, 0.3) is 15.9 Å². The molecule has 3 nitrogen and oxygen atoms in total. The van der Waals surface area contributed by atoms with Gasteiger partial charge < -0.3 is 0 Å². The fraction of sp³-hybridized carbons (Fsp3) is 0.0909. The molecule has 3 rings (SSSR count). The van der Waals surface area contributed by atoms with E-state index < -0.39 is 0 Å². The summed E-state index contributed by atoms with van der Waals surface area (Å²) in [7, 11) is 0. The first kappa shape index (κ1) is 11.0. The quantitative estimate of drug-likeness (QED) is 0.633. The van der Waals surface area contributed by atoms with E-state index in [4.69, 9.17) is 23.2 Å². The monoisotopic (exact) mass is 284 g/mol. The molecule has 2 heterocycles. The maximum absolute atomic E-state index is 12.3. The van der Waals surface area contributed by atoms with E-state index in [-0.39, 0.29) is 10.7 Å². The molecule has 0 fully saturated rings. The van der Waals surface area contributed by atoms with Gasteiger partial charge in [0.2, 0.25) is 0 Å². The number of aryl methyl sites for hydroxylation is 1. The number of para-hydroxylation sites is 1. The van der Waals surface area contributed by atoms with Crippen molar-refractivity contribution in [3.8, 4) is 0 Å². The summed E-state index contributed by atoms with van der Waals surface area (Å²) >= 11 is 13.1. The van der Waals surface area contributed by atoms with E-state index in [1.165, 1.54) is 15.7 Å². The van der Waals surface area contributed by atoms with Gasteiger partial charge in [-0.2, -0.15) is 0 Å². The number of fused-ring (bicyclic) bond motifs is 2. The molecule has 3 aromatic rings. The maximum atomic E-state index is 12.3. The molecule has 0 saturated carbocycles. The van der Waals surface area contributed by atoms with Gasteiger partial charge in [0.05, 0.1) is 10.9 Å². The molecule has 0 aliphatic heterocycles. The van der Waals surface area contributed by atoms with Gasteiger partial charge in [0, 0.05) is 0 Å². The van der Waals surface area contributed by atoms with Gasteiger partial charge in [-0.05, 0) is 18.6 Å². The molecule has 0 saturated heterocycles. The average Bonchev–Trinajstić information content (AvgIpc) is 2.57. The Labute approximate surface area is 110 Å². The van der Waals surface area contributed by atoms with Crippen molar-refractivity contribution < 1.29 is 0 Å². The van der Waals surface area contributed by atoms with Gasteiger partial charge >= 0.3 is 0 Å². The Morgan fingerprint density at radius 2 is 2.12 bits per heavy atom. The van der Waals surface area contributed by atoms with Crippen LogP contribution in [0.4, 0.5) is 0 Å². The molecule has 17 heavy (non-hydrogen) atoms. The molecular weight excluding hydrogens is 279 g/mol. The van der Waals surface area contributed by atoms with E-state index in [0.29, 0.717) is 20.2 Å². The molecule has 0 atom stereocenters. The molecule has 0 aliphatic carbocycles. The zero-order valence-corrected chi connectivity index (χ0v) is 11.0. The first-order valence-corrected chi connectivity index (χ1v) is 6.42. The highest BCUT2D eigenvalue weighted by Crippen LogP contribution is 2.30. The van der Waals surface area contributed by atoms with Crippen molar-refractivity contribution in [2.24, 2.45) is 0 Å². The zero-order chi connectivity index (χ0) is 12.2. The fourth-order valence-electron chi connectivity index (χ4n) is 1.78. The van der Waals surface area contributed by atoms with Crippen molar-refractivity contribution in [1.82, 2.24) is 9.38 Å². The summed E-state index contributed by atoms with van der Waals surface area (Å²) in [6.45, 7) is 1.92. The molecule has 0 bridgehead atoms. The van der Waals surface area contributed by atoms with Gasteiger partial charge in [-0.1, -0.05) is 46.7 Å². The van der Waals surface area contributed by atoms with E-state index in [1.807, 2.05) is 19.1 Å². The minimum Gasteiger partial charge on any atom is -0.268 e. The number of hydrogen-bond acceptors (Lipinski definition) is 3. The van der Waals surface area contributed by atoms with Crippen LogP contribution >= 0.6 is 34.5 Å². The summed E-state index contributed by atoms with van der Waals surface area (Å²) in [5, 5.41) is 0.784. The first-order valence-electron chi connectivity index (χ1n) is 4.85. The molecular formula is C11H6Cl2N2OS. The maximum Gasteiger partial charge on any atom is 0.267 e. The van der Waals surface area contributed by atoms with Crippen molar-refractivity contribution in [3.05, 3.63) is 43.6 Å². The Morgan fingerprint density at radius 3 is 2.88 bits per heavy atom. The second-order valence-corrected chi connectivity index (χ2v) is 5.61. The van der Waals surface area contributed by atoms with E-state index in [9.17, 15) is 4.79 Å². The third-order valence-electron chi connectivity index (χ3n) is 2.61. The van der Waals surface area contributed by atoms with Crippen LogP contribution in [-0.4, -0.2) is 9.38 Å². The van der Waals surface area contributed by atoms with E-state index in [2.05, 4.69) is 4.98 Å². The number of thiazole rings is 1. The summed E-state index contributed by atoms with van der Waals surface area (Å²) < 4.78 is 1.72. The molecule has 6 heteroatoms. The summed E-state index contributed by atoms with van der Waals surface area (Å²) in [6.07, 6.45) is 0. The molecule has 0 aliphatic rings. The van der Waals surface area contributed by atoms with Crippen molar-refractivity contribution in [1.29, 1.82) is 0 Å². The summed E-state index contributed by atoms with van der Waals surface area (Å²) in [5.74, 6) is 0. The minimum atomic E-state index is -0.179. The third-order valence-corrected chi connectivity index (χ3v) is 4.42. The lowest BCUT2D eigenvalue weighted by molar-refractivity contribution is 1.11. The lowest BCUT2D eigenvalue weighted by Crippen LogP contribution is -2.14. The molecule has 1 aromatic carbocycles. The standard InChI is InChI=1S/C11H6Cl2N2OS/c1-5-3-2-4-6-7(5)14-11-15(10(6)16)8(12)9(13)17-11/h2-4H,1H3. The average molecular weight is 285 g/mol. The molecule has 0 radical (unpaired) electrons. The Morgan fingerprint density at radius 1 is 1.35 bits per heavy atom. The van der Waals surface area contributed by atoms with E-state index >= 15 is 0 Å². The third kappa shape index (κ3) is 1.48. The highest BCUT2D eigenvalue weighted by Gasteiger charge is 2.14. The number of nitrogens with zero attached hydrogens (tertiary/aromatic N) is 2. The first-order chi connectivity index (χ1) is 8.09. The van der Waals surface area contributed by atoms with Crippen LogP contribution in [0.15, 0.2) is 23.0 Å². The lowest BCUT2D eigenvalue weighted by Gasteiger charge is -2.01. The second kappa shape index (κ2) is 3.70. The Kier molecular flexibility index (Phi) is 2.40. The van der Waals surface area contributed by atoms with Crippen LogP contribution in [0.1, 0.15) is 5.56 Å². The largest absolute Gasteiger partial charge is 0.268 e. The van der Waals surface area contributed by atoms with E-state index in [0.717, 1.165) is 5.56 Å². The molecule has 0 spiro atoms. The predicted octanol–water partition coefficient (Wildman–Crippen LogP) is 3.52. The molecule has 0 N–H and O–H groups in total. The number of benzene rings is 1. The van der Waals surface area contributed by atoms with Crippen molar-refractivity contribution in [2.75, 3.05) is 0 Å². The van der Waals surface area contributed by atoms with Crippen LogP contribution in [-0.2, 0) is 0 Å². The fourth-order valence-corrected chi connectivity index (χ4v) is 3.14. The highest BCUT2D eigenvalue weighted by molar-refractivity contribution is 7.21. The van der Waals surface area contributed by atoms with Gasteiger partial charge in [0.1, 0.15) is 9.49 Å². The van der Waals surface area contributed by atoms with Gasteiger partial charge in [-0.15, -0.1) is 0 Å². The van der Waals surface area contributed by atoms with Crippen molar-refractivity contribution >= 4 is 50.4 Å².